The van der Waals surface area contributed by atoms with Crippen LogP contribution < -0.4 is 5.32 Å². The Bertz CT molecular complexity index is 589. The van der Waals surface area contributed by atoms with Crippen LogP contribution in [0.25, 0.3) is 0 Å². The summed E-state index contributed by atoms with van der Waals surface area (Å²) in [5.41, 5.74) is 0.755. The molecule has 23 heavy (non-hydrogen) atoms. The van der Waals surface area contributed by atoms with E-state index in [2.05, 4.69) is 5.32 Å². The van der Waals surface area contributed by atoms with E-state index in [-0.39, 0.29) is 29.7 Å². The van der Waals surface area contributed by atoms with Crippen LogP contribution in [0, 0.1) is 5.92 Å². The smallest absolute Gasteiger partial charge is 0.262 e. The predicted molar refractivity (Wildman–Crippen MR) is 88.1 cm³/mol. The lowest BCUT2D eigenvalue weighted by Crippen LogP contribution is -2.51. The van der Waals surface area contributed by atoms with Crippen LogP contribution in [0.15, 0.2) is 24.3 Å². The highest BCUT2D eigenvalue weighted by atomic mass is 16.2. The number of carbonyl (C=O) groups excluding carboxylic acids is 3. The lowest BCUT2D eigenvalue weighted by Gasteiger charge is -2.28. The number of hydrogen-bond acceptors (Lipinski definition) is 3. The molecule has 0 aromatic heterocycles. The number of fused-ring (bicyclic) bond motifs is 1. The van der Waals surface area contributed by atoms with Gasteiger partial charge >= 0.3 is 0 Å². The summed E-state index contributed by atoms with van der Waals surface area (Å²) >= 11 is 0. The van der Waals surface area contributed by atoms with Gasteiger partial charge < -0.3 is 5.32 Å². The molecule has 124 valence electrons. The third-order valence-corrected chi connectivity index (χ3v) is 4.14. The van der Waals surface area contributed by atoms with Crippen LogP contribution in [-0.2, 0) is 4.79 Å². The number of hydrogen-bond donors (Lipinski definition) is 1. The fraction of sp³-hybridized carbons (Fsp3) is 0.500. The topological polar surface area (TPSA) is 66.5 Å². The van der Waals surface area contributed by atoms with Gasteiger partial charge in [0.2, 0.25) is 5.91 Å². The van der Waals surface area contributed by atoms with Crippen LogP contribution in [0.5, 0.6) is 0 Å². The molecule has 1 aliphatic rings. The zero-order chi connectivity index (χ0) is 17.1. The highest BCUT2D eigenvalue weighted by molar-refractivity contribution is 6.22. The number of nitrogens with one attached hydrogen (secondary N) is 1. The molecule has 0 aliphatic carbocycles. The Balaban J connectivity index is 2.32. The van der Waals surface area contributed by atoms with E-state index in [1.807, 2.05) is 27.7 Å². The normalized spacial score (nSPS) is 16.5. The number of nitrogens with zero attached hydrogens (tertiary/aromatic N) is 1. The van der Waals surface area contributed by atoms with Crippen LogP contribution in [-0.4, -0.2) is 34.7 Å². The number of carbonyl (C=O) groups is 3. The van der Waals surface area contributed by atoms with Crippen LogP contribution in [0.1, 0.15) is 61.3 Å². The Morgan fingerprint density at radius 3 is 2.04 bits per heavy atom. The summed E-state index contributed by atoms with van der Waals surface area (Å²) < 4.78 is 0. The molecule has 0 radical (unpaired) electrons. The number of imide groups is 1. The van der Waals surface area contributed by atoms with E-state index in [0.29, 0.717) is 17.5 Å². The Morgan fingerprint density at radius 1 is 1.09 bits per heavy atom. The minimum absolute atomic E-state index is 0.00680. The van der Waals surface area contributed by atoms with Crippen molar-refractivity contribution in [3.8, 4) is 0 Å². The summed E-state index contributed by atoms with van der Waals surface area (Å²) in [6, 6.07) is 5.96. The summed E-state index contributed by atoms with van der Waals surface area (Å²) in [4.78, 5) is 39.0. The van der Waals surface area contributed by atoms with Gasteiger partial charge in [-0.3, -0.25) is 19.3 Å². The van der Waals surface area contributed by atoms with Crippen molar-refractivity contribution >= 4 is 17.7 Å². The van der Waals surface area contributed by atoms with Crippen LogP contribution in [0.2, 0.25) is 0 Å². The van der Waals surface area contributed by atoms with E-state index in [1.165, 1.54) is 0 Å². The first-order chi connectivity index (χ1) is 10.9. The van der Waals surface area contributed by atoms with E-state index in [0.717, 1.165) is 11.3 Å². The Labute approximate surface area is 137 Å². The first-order valence-corrected chi connectivity index (χ1v) is 8.14. The molecule has 5 nitrogen and oxygen atoms in total. The molecule has 1 aromatic carbocycles. The van der Waals surface area contributed by atoms with Crippen molar-refractivity contribution in [2.75, 3.05) is 0 Å². The van der Waals surface area contributed by atoms with E-state index in [9.17, 15) is 14.4 Å². The van der Waals surface area contributed by atoms with Crippen molar-refractivity contribution in [1.29, 1.82) is 0 Å². The van der Waals surface area contributed by atoms with E-state index in [4.69, 9.17) is 0 Å². The summed E-state index contributed by atoms with van der Waals surface area (Å²) in [7, 11) is 0. The monoisotopic (exact) mass is 316 g/mol. The van der Waals surface area contributed by atoms with E-state index >= 15 is 0 Å². The van der Waals surface area contributed by atoms with Crippen molar-refractivity contribution in [3.63, 3.8) is 0 Å². The van der Waals surface area contributed by atoms with Gasteiger partial charge in [-0.25, -0.2) is 0 Å². The quantitative estimate of drug-likeness (QED) is 0.820. The highest BCUT2D eigenvalue weighted by Crippen LogP contribution is 2.27. The van der Waals surface area contributed by atoms with Crippen molar-refractivity contribution in [1.82, 2.24) is 10.2 Å². The van der Waals surface area contributed by atoms with Gasteiger partial charge in [-0.1, -0.05) is 32.9 Å². The SMILES string of the molecule is CCC(C)NC(=O)C(CC(C)C)N1C(=O)c2ccccc2C1=O. The van der Waals surface area contributed by atoms with E-state index in [1.54, 1.807) is 24.3 Å². The van der Waals surface area contributed by atoms with E-state index < -0.39 is 6.04 Å². The van der Waals surface area contributed by atoms with Gasteiger partial charge in [0, 0.05) is 6.04 Å². The predicted octanol–water partition coefficient (Wildman–Crippen LogP) is 2.61. The molecule has 0 saturated carbocycles. The first kappa shape index (κ1) is 17.2. The molecule has 1 aromatic rings. The molecule has 1 heterocycles. The average Bonchev–Trinajstić information content (AvgIpc) is 2.77. The molecule has 0 bridgehead atoms. The summed E-state index contributed by atoms with van der Waals surface area (Å²) in [5.74, 6) is -0.833. The maximum Gasteiger partial charge on any atom is 0.262 e. The van der Waals surface area contributed by atoms with Crippen LogP contribution in [0.3, 0.4) is 0 Å². The molecule has 2 unspecified atom stereocenters. The fourth-order valence-corrected chi connectivity index (χ4v) is 2.71. The van der Waals surface area contributed by atoms with Gasteiger partial charge in [-0.15, -0.1) is 0 Å². The summed E-state index contributed by atoms with van der Waals surface area (Å²) in [6.45, 7) is 7.83. The van der Waals surface area contributed by atoms with Gasteiger partial charge in [0.15, 0.2) is 0 Å². The van der Waals surface area contributed by atoms with Gasteiger partial charge in [-0.05, 0) is 37.8 Å². The lowest BCUT2D eigenvalue weighted by molar-refractivity contribution is -0.126. The molecule has 0 saturated heterocycles. The Hall–Kier alpha value is -2.17. The third kappa shape index (κ3) is 3.44. The molecular formula is C18H24N2O3. The molecule has 0 fully saturated rings. The first-order valence-electron chi connectivity index (χ1n) is 8.14. The summed E-state index contributed by atoms with van der Waals surface area (Å²) in [6.07, 6.45) is 1.25. The lowest BCUT2D eigenvalue weighted by atomic mass is 10.0. The zero-order valence-corrected chi connectivity index (χ0v) is 14.1. The minimum atomic E-state index is -0.767. The highest BCUT2D eigenvalue weighted by Gasteiger charge is 2.42. The molecule has 0 spiro atoms. The molecule has 5 heteroatoms. The third-order valence-electron chi connectivity index (χ3n) is 4.14. The molecule has 2 atom stereocenters. The summed E-state index contributed by atoms with van der Waals surface area (Å²) in [5, 5.41) is 2.89. The maximum absolute atomic E-state index is 12.6. The number of rotatable bonds is 6. The molecule has 1 aliphatic heterocycles. The minimum Gasteiger partial charge on any atom is -0.352 e. The van der Waals surface area contributed by atoms with Gasteiger partial charge in [-0.2, -0.15) is 0 Å². The zero-order valence-electron chi connectivity index (χ0n) is 14.1. The van der Waals surface area contributed by atoms with Gasteiger partial charge in [0.05, 0.1) is 11.1 Å². The number of benzene rings is 1. The molecule has 1 N–H and O–H groups in total. The second-order valence-electron chi connectivity index (χ2n) is 6.49. The van der Waals surface area contributed by atoms with Gasteiger partial charge in [0.25, 0.3) is 11.8 Å². The van der Waals surface area contributed by atoms with Crippen molar-refractivity contribution in [2.24, 2.45) is 5.92 Å². The standard InChI is InChI=1S/C18H24N2O3/c1-5-12(4)19-16(21)15(10-11(2)3)20-17(22)13-8-6-7-9-14(13)18(20)23/h6-9,11-12,15H,5,10H2,1-4H3,(H,19,21). The molecule has 3 amide bonds. The second kappa shape index (κ2) is 6.94. The largest absolute Gasteiger partial charge is 0.352 e. The number of amides is 3. The molecular weight excluding hydrogens is 292 g/mol. The van der Waals surface area contributed by atoms with Crippen molar-refractivity contribution in [2.45, 2.75) is 52.6 Å². The molecule has 2 rings (SSSR count). The van der Waals surface area contributed by atoms with Crippen molar-refractivity contribution < 1.29 is 14.4 Å². The van der Waals surface area contributed by atoms with Crippen molar-refractivity contribution in [3.05, 3.63) is 35.4 Å². The van der Waals surface area contributed by atoms with Crippen LogP contribution in [0.4, 0.5) is 0 Å². The average molecular weight is 316 g/mol. The Kier molecular flexibility index (Phi) is 5.19. The second-order valence-corrected chi connectivity index (χ2v) is 6.49. The van der Waals surface area contributed by atoms with Crippen LogP contribution >= 0.6 is 0 Å². The maximum atomic E-state index is 12.6. The Morgan fingerprint density at radius 2 is 1.61 bits per heavy atom. The van der Waals surface area contributed by atoms with Gasteiger partial charge in [0.1, 0.15) is 6.04 Å². The fourth-order valence-electron chi connectivity index (χ4n) is 2.71.